The fourth-order valence-electron chi connectivity index (χ4n) is 5.16. The van der Waals surface area contributed by atoms with E-state index in [2.05, 4.69) is 66.2 Å². The van der Waals surface area contributed by atoms with Crippen LogP contribution >= 0.6 is 27.7 Å². The van der Waals surface area contributed by atoms with Crippen molar-refractivity contribution in [1.82, 2.24) is 0 Å². The second-order valence-corrected chi connectivity index (χ2v) is 11.1. The average molecular weight is 554 g/mol. The molecule has 3 atom stereocenters. The number of carbonyl (C=O) groups excluding carboxylic acids is 1. The maximum atomic E-state index is 12.2. The molecular formula is C30H33BrO3S. The summed E-state index contributed by atoms with van der Waals surface area (Å²) < 4.78 is 13.5. The summed E-state index contributed by atoms with van der Waals surface area (Å²) in [5.41, 5.74) is 7.31. The lowest BCUT2D eigenvalue weighted by Gasteiger charge is -2.38. The normalized spacial score (nSPS) is 18.1. The van der Waals surface area contributed by atoms with Crippen molar-refractivity contribution in [2.75, 3.05) is 12.9 Å². The van der Waals surface area contributed by atoms with E-state index in [1.54, 1.807) is 7.11 Å². The predicted molar refractivity (Wildman–Crippen MR) is 148 cm³/mol. The van der Waals surface area contributed by atoms with Crippen LogP contribution in [0.15, 0.2) is 65.1 Å². The van der Waals surface area contributed by atoms with Gasteiger partial charge in [-0.15, -0.1) is 0 Å². The first-order chi connectivity index (χ1) is 17.0. The van der Waals surface area contributed by atoms with Crippen LogP contribution in [-0.2, 0) is 28.3 Å². The number of aldehydes is 1. The van der Waals surface area contributed by atoms with Crippen LogP contribution in [0.5, 0.6) is 5.75 Å². The number of thioether (sulfide) groups is 1. The lowest BCUT2D eigenvalue weighted by Crippen LogP contribution is -2.32. The van der Waals surface area contributed by atoms with Crippen molar-refractivity contribution in [3.05, 3.63) is 98.5 Å². The summed E-state index contributed by atoms with van der Waals surface area (Å²) in [5, 5.41) is 0. The maximum absolute atomic E-state index is 12.2. The van der Waals surface area contributed by atoms with Crippen LogP contribution in [0.1, 0.15) is 45.9 Å². The third kappa shape index (κ3) is 6.02. The highest BCUT2D eigenvalue weighted by Gasteiger charge is 2.37. The Kier molecular flexibility index (Phi) is 9.10. The van der Waals surface area contributed by atoms with Crippen molar-refractivity contribution in [1.29, 1.82) is 0 Å². The standard InChI is InChI=1S/C30H33BrO3S/c1-20-15-28(34-17-23-11-7-8-12-27(23)31)21(2)29-25(20)13-14-26(30(29)33-3)24(16-32)19-35-18-22-9-5-4-6-10-22/h4-12,15-16,24,26,30H,13-14,17-19H2,1-3H3. The van der Waals surface area contributed by atoms with E-state index in [-0.39, 0.29) is 17.9 Å². The van der Waals surface area contributed by atoms with E-state index in [9.17, 15) is 4.79 Å². The van der Waals surface area contributed by atoms with Gasteiger partial charge in [0.05, 0.1) is 6.10 Å². The number of fused-ring (bicyclic) bond motifs is 1. The summed E-state index contributed by atoms with van der Waals surface area (Å²) in [5.74, 6) is 2.71. The number of aryl methyl sites for hydroxylation is 1. The lowest BCUT2D eigenvalue weighted by molar-refractivity contribution is -0.114. The Morgan fingerprint density at radius 1 is 1.11 bits per heavy atom. The summed E-state index contributed by atoms with van der Waals surface area (Å²) >= 11 is 5.44. The fourth-order valence-corrected chi connectivity index (χ4v) is 6.70. The van der Waals surface area contributed by atoms with Crippen LogP contribution in [-0.4, -0.2) is 19.1 Å². The second-order valence-electron chi connectivity index (χ2n) is 9.25. The highest BCUT2D eigenvalue weighted by molar-refractivity contribution is 9.10. The molecule has 3 aromatic rings. The van der Waals surface area contributed by atoms with Gasteiger partial charge in [0, 0.05) is 34.6 Å². The van der Waals surface area contributed by atoms with Crippen molar-refractivity contribution in [2.45, 2.75) is 45.2 Å². The molecular weight excluding hydrogens is 520 g/mol. The number of methoxy groups -OCH3 is 1. The van der Waals surface area contributed by atoms with E-state index < -0.39 is 0 Å². The molecule has 3 unspecified atom stereocenters. The van der Waals surface area contributed by atoms with Crippen molar-refractivity contribution in [2.24, 2.45) is 11.8 Å². The molecule has 0 N–H and O–H groups in total. The van der Waals surface area contributed by atoms with Gasteiger partial charge in [-0.2, -0.15) is 11.8 Å². The van der Waals surface area contributed by atoms with Gasteiger partial charge in [0.2, 0.25) is 0 Å². The average Bonchev–Trinajstić information content (AvgIpc) is 2.88. The summed E-state index contributed by atoms with van der Waals surface area (Å²) in [6, 6.07) is 20.7. The first-order valence-corrected chi connectivity index (χ1v) is 14.1. The minimum Gasteiger partial charge on any atom is -0.489 e. The molecule has 0 spiro atoms. The number of carbonyl (C=O) groups is 1. The van der Waals surface area contributed by atoms with E-state index in [0.29, 0.717) is 6.61 Å². The fraction of sp³-hybridized carbons (Fsp3) is 0.367. The summed E-state index contributed by atoms with van der Waals surface area (Å²) in [6.45, 7) is 4.78. The third-order valence-electron chi connectivity index (χ3n) is 7.06. The number of halogens is 1. The highest BCUT2D eigenvalue weighted by Crippen LogP contribution is 2.46. The Morgan fingerprint density at radius 2 is 1.86 bits per heavy atom. The first-order valence-electron chi connectivity index (χ1n) is 12.1. The van der Waals surface area contributed by atoms with Gasteiger partial charge < -0.3 is 14.3 Å². The Bertz CT molecular complexity index is 1150. The number of rotatable bonds is 10. The molecule has 3 aromatic carbocycles. The van der Waals surface area contributed by atoms with Crippen molar-refractivity contribution >= 4 is 34.0 Å². The molecule has 0 radical (unpaired) electrons. The van der Waals surface area contributed by atoms with Gasteiger partial charge >= 0.3 is 0 Å². The van der Waals surface area contributed by atoms with Crippen molar-refractivity contribution in [3.63, 3.8) is 0 Å². The Morgan fingerprint density at radius 3 is 2.57 bits per heavy atom. The Labute approximate surface area is 221 Å². The molecule has 35 heavy (non-hydrogen) atoms. The largest absolute Gasteiger partial charge is 0.489 e. The van der Waals surface area contributed by atoms with Gasteiger partial charge in [0.1, 0.15) is 18.6 Å². The van der Waals surface area contributed by atoms with E-state index in [0.717, 1.165) is 52.0 Å². The van der Waals surface area contributed by atoms with Gasteiger partial charge in [0.25, 0.3) is 0 Å². The molecule has 0 fully saturated rings. The van der Waals surface area contributed by atoms with E-state index >= 15 is 0 Å². The van der Waals surface area contributed by atoms with Gasteiger partial charge in [-0.1, -0.05) is 64.5 Å². The molecule has 0 saturated carbocycles. The van der Waals surface area contributed by atoms with Crippen molar-refractivity contribution < 1.29 is 14.3 Å². The predicted octanol–water partition coefficient (Wildman–Crippen LogP) is 7.64. The molecule has 0 aliphatic heterocycles. The smallest absolute Gasteiger partial charge is 0.124 e. The molecule has 1 aliphatic rings. The summed E-state index contributed by atoms with van der Waals surface area (Å²) in [4.78, 5) is 12.2. The van der Waals surface area contributed by atoms with E-state index in [1.165, 1.54) is 22.3 Å². The van der Waals surface area contributed by atoms with E-state index in [4.69, 9.17) is 9.47 Å². The van der Waals surface area contributed by atoms with E-state index in [1.807, 2.05) is 36.0 Å². The molecule has 3 nitrogen and oxygen atoms in total. The molecule has 5 heteroatoms. The van der Waals surface area contributed by atoms with Gasteiger partial charge in [0.15, 0.2) is 0 Å². The monoisotopic (exact) mass is 552 g/mol. The second kappa shape index (κ2) is 12.2. The quantitative estimate of drug-likeness (QED) is 0.242. The number of ether oxygens (including phenoxy) is 2. The third-order valence-corrected chi connectivity index (χ3v) is 9.00. The number of benzene rings is 3. The van der Waals surface area contributed by atoms with Crippen LogP contribution in [0.2, 0.25) is 0 Å². The minimum absolute atomic E-state index is 0.0497. The van der Waals surface area contributed by atoms with Gasteiger partial charge in [-0.3, -0.25) is 0 Å². The zero-order valence-corrected chi connectivity index (χ0v) is 23.0. The summed E-state index contributed by atoms with van der Waals surface area (Å²) in [7, 11) is 1.77. The lowest BCUT2D eigenvalue weighted by atomic mass is 9.73. The zero-order chi connectivity index (χ0) is 24.8. The molecule has 184 valence electrons. The van der Waals surface area contributed by atoms with Crippen LogP contribution < -0.4 is 4.74 Å². The zero-order valence-electron chi connectivity index (χ0n) is 20.6. The van der Waals surface area contributed by atoms with Crippen LogP contribution in [0.25, 0.3) is 0 Å². The van der Waals surface area contributed by atoms with Gasteiger partial charge in [-0.05, 0) is 72.6 Å². The molecule has 0 saturated heterocycles. The Balaban J connectivity index is 1.54. The molecule has 0 bridgehead atoms. The van der Waals surface area contributed by atoms with Crippen LogP contribution in [0.3, 0.4) is 0 Å². The maximum Gasteiger partial charge on any atom is 0.124 e. The molecule has 1 aliphatic carbocycles. The highest BCUT2D eigenvalue weighted by atomic mass is 79.9. The Hall–Kier alpha value is -2.08. The topological polar surface area (TPSA) is 35.5 Å². The number of hydrogen-bond donors (Lipinski definition) is 0. The first kappa shape index (κ1) is 26.0. The summed E-state index contributed by atoms with van der Waals surface area (Å²) in [6.07, 6.45) is 2.95. The SMILES string of the molecule is COC1c2c(C)c(OCc3ccccc3Br)cc(C)c2CCC1C(C=O)CSCc1ccccc1. The minimum atomic E-state index is -0.114. The van der Waals surface area contributed by atoms with Crippen LogP contribution in [0.4, 0.5) is 0 Å². The molecule has 0 aromatic heterocycles. The van der Waals surface area contributed by atoms with Crippen LogP contribution in [0, 0.1) is 25.7 Å². The molecule has 0 heterocycles. The number of hydrogen-bond acceptors (Lipinski definition) is 4. The van der Waals surface area contributed by atoms with Gasteiger partial charge in [-0.25, -0.2) is 0 Å². The van der Waals surface area contributed by atoms with Crippen molar-refractivity contribution in [3.8, 4) is 5.75 Å². The molecule has 4 rings (SSSR count). The molecule has 0 amide bonds.